The van der Waals surface area contributed by atoms with Gasteiger partial charge in [0, 0.05) is 18.7 Å². The summed E-state index contributed by atoms with van der Waals surface area (Å²) in [5.41, 5.74) is 4.35. The molecule has 0 bridgehead atoms. The normalized spacial score (nSPS) is 11.2. The first-order chi connectivity index (χ1) is 11.7. The van der Waals surface area contributed by atoms with E-state index < -0.39 is 10.0 Å². The maximum absolute atomic E-state index is 12.3. The molecule has 5 nitrogen and oxygen atoms in total. The summed E-state index contributed by atoms with van der Waals surface area (Å²) in [6, 6.07) is 13.0. The third kappa shape index (κ3) is 5.06. The highest BCUT2D eigenvalue weighted by molar-refractivity contribution is 7.92. The molecule has 0 atom stereocenters. The highest BCUT2D eigenvalue weighted by Crippen LogP contribution is 2.21. The Morgan fingerprint density at radius 1 is 1.00 bits per heavy atom. The molecule has 0 fully saturated rings. The van der Waals surface area contributed by atoms with Gasteiger partial charge in [-0.1, -0.05) is 35.9 Å². The zero-order valence-electron chi connectivity index (χ0n) is 15.0. The van der Waals surface area contributed by atoms with Crippen LogP contribution in [0.25, 0.3) is 0 Å². The van der Waals surface area contributed by atoms with Gasteiger partial charge in [-0.05, 0) is 44.0 Å². The van der Waals surface area contributed by atoms with Gasteiger partial charge in [0.1, 0.15) is 0 Å². The minimum Gasteiger partial charge on any atom is -0.326 e. The van der Waals surface area contributed by atoms with Gasteiger partial charge >= 0.3 is 0 Å². The Hall–Kier alpha value is -2.34. The summed E-state index contributed by atoms with van der Waals surface area (Å²) < 4.78 is 25.4. The van der Waals surface area contributed by atoms with E-state index in [1.54, 1.807) is 12.1 Å². The zero-order valence-corrected chi connectivity index (χ0v) is 15.9. The molecule has 0 saturated carbocycles. The topological polar surface area (TPSA) is 66.5 Å². The average molecular weight is 360 g/mol. The predicted octanol–water partition coefficient (Wildman–Crippen LogP) is 3.41. The van der Waals surface area contributed by atoms with Gasteiger partial charge in [-0.15, -0.1) is 0 Å². The molecule has 0 aliphatic carbocycles. The number of carbonyl (C=O) groups is 1. The Bertz CT molecular complexity index is 838. The molecule has 2 rings (SSSR count). The minimum absolute atomic E-state index is 0.0781. The SMILES string of the molecule is Cc1ccc(N(CCC(=O)Nc2c(C)cccc2C)S(C)(=O)=O)cc1. The van der Waals surface area contributed by atoms with Gasteiger partial charge in [0.15, 0.2) is 0 Å². The lowest BCUT2D eigenvalue weighted by Crippen LogP contribution is -2.33. The molecule has 0 unspecified atom stereocenters. The lowest BCUT2D eigenvalue weighted by Gasteiger charge is -2.22. The van der Waals surface area contributed by atoms with E-state index in [-0.39, 0.29) is 18.9 Å². The molecule has 2 aromatic rings. The number of nitrogens with zero attached hydrogens (tertiary/aromatic N) is 1. The Morgan fingerprint density at radius 3 is 2.08 bits per heavy atom. The number of carbonyl (C=O) groups excluding carboxylic acids is 1. The molecule has 1 amide bonds. The van der Waals surface area contributed by atoms with Gasteiger partial charge in [0.25, 0.3) is 0 Å². The summed E-state index contributed by atoms with van der Waals surface area (Å²) in [6.45, 7) is 5.89. The second-order valence-corrected chi connectivity index (χ2v) is 8.14. The van der Waals surface area contributed by atoms with E-state index in [1.165, 1.54) is 4.31 Å². The Labute approximate surface area is 149 Å². The number of nitrogens with one attached hydrogen (secondary N) is 1. The summed E-state index contributed by atoms with van der Waals surface area (Å²) in [5.74, 6) is -0.210. The van der Waals surface area contributed by atoms with E-state index in [1.807, 2.05) is 51.1 Å². The van der Waals surface area contributed by atoms with Gasteiger partial charge in [0.05, 0.1) is 11.9 Å². The third-order valence-electron chi connectivity index (χ3n) is 4.01. The van der Waals surface area contributed by atoms with Crippen LogP contribution in [-0.2, 0) is 14.8 Å². The molecular weight excluding hydrogens is 336 g/mol. The largest absolute Gasteiger partial charge is 0.326 e. The molecule has 0 saturated heterocycles. The first-order valence-electron chi connectivity index (χ1n) is 8.09. The van der Waals surface area contributed by atoms with Crippen LogP contribution in [0, 0.1) is 20.8 Å². The lowest BCUT2D eigenvalue weighted by molar-refractivity contribution is -0.116. The van der Waals surface area contributed by atoms with Crippen LogP contribution in [0.2, 0.25) is 0 Å². The molecule has 0 heterocycles. The van der Waals surface area contributed by atoms with Crippen molar-refractivity contribution in [1.29, 1.82) is 0 Å². The molecule has 6 heteroatoms. The highest BCUT2D eigenvalue weighted by Gasteiger charge is 2.19. The fraction of sp³-hybridized carbons (Fsp3) is 0.316. The second kappa shape index (κ2) is 7.70. The number of rotatable bonds is 6. The molecule has 134 valence electrons. The number of para-hydroxylation sites is 1. The van der Waals surface area contributed by atoms with Crippen molar-refractivity contribution in [3.63, 3.8) is 0 Å². The van der Waals surface area contributed by atoms with Crippen molar-refractivity contribution < 1.29 is 13.2 Å². The van der Waals surface area contributed by atoms with Crippen molar-refractivity contribution in [2.75, 3.05) is 22.4 Å². The van der Waals surface area contributed by atoms with Crippen LogP contribution in [-0.4, -0.2) is 27.1 Å². The number of aryl methyl sites for hydroxylation is 3. The van der Waals surface area contributed by atoms with Crippen LogP contribution in [0.3, 0.4) is 0 Å². The van der Waals surface area contributed by atoms with Crippen LogP contribution in [0.1, 0.15) is 23.1 Å². The van der Waals surface area contributed by atoms with E-state index >= 15 is 0 Å². The van der Waals surface area contributed by atoms with Crippen LogP contribution in [0.5, 0.6) is 0 Å². The third-order valence-corrected chi connectivity index (χ3v) is 5.20. The second-order valence-electron chi connectivity index (χ2n) is 6.24. The van der Waals surface area contributed by atoms with Crippen molar-refractivity contribution in [3.8, 4) is 0 Å². The van der Waals surface area contributed by atoms with E-state index in [4.69, 9.17) is 0 Å². The first kappa shape index (κ1) is 19.0. The highest BCUT2D eigenvalue weighted by atomic mass is 32.2. The van der Waals surface area contributed by atoms with E-state index in [2.05, 4.69) is 5.32 Å². The molecule has 0 radical (unpaired) electrons. The summed E-state index contributed by atoms with van der Waals surface area (Å²) in [5, 5.41) is 2.89. The van der Waals surface area contributed by atoms with E-state index in [0.717, 1.165) is 28.6 Å². The number of sulfonamides is 1. The van der Waals surface area contributed by atoms with Gasteiger partial charge in [-0.3, -0.25) is 9.10 Å². The smallest absolute Gasteiger partial charge is 0.232 e. The zero-order chi connectivity index (χ0) is 18.6. The number of hydrogen-bond donors (Lipinski definition) is 1. The van der Waals surface area contributed by atoms with Crippen LogP contribution in [0.4, 0.5) is 11.4 Å². The van der Waals surface area contributed by atoms with Crippen molar-refractivity contribution in [3.05, 3.63) is 59.2 Å². The molecule has 1 N–H and O–H groups in total. The lowest BCUT2D eigenvalue weighted by atomic mass is 10.1. The average Bonchev–Trinajstić information content (AvgIpc) is 2.52. The summed E-state index contributed by atoms with van der Waals surface area (Å²) in [7, 11) is -3.46. The fourth-order valence-corrected chi connectivity index (χ4v) is 3.54. The Kier molecular flexibility index (Phi) is 5.85. The minimum atomic E-state index is -3.46. The van der Waals surface area contributed by atoms with Gasteiger partial charge in [-0.25, -0.2) is 8.42 Å². The van der Waals surface area contributed by atoms with Gasteiger partial charge in [0.2, 0.25) is 15.9 Å². The van der Waals surface area contributed by atoms with Gasteiger partial charge in [-0.2, -0.15) is 0 Å². The molecule has 0 aliphatic heterocycles. The Balaban J connectivity index is 2.10. The molecule has 0 aromatic heterocycles. The predicted molar refractivity (Wildman–Crippen MR) is 103 cm³/mol. The summed E-state index contributed by atoms with van der Waals surface area (Å²) >= 11 is 0. The molecule has 0 aliphatic rings. The maximum Gasteiger partial charge on any atom is 0.232 e. The van der Waals surface area contributed by atoms with Gasteiger partial charge < -0.3 is 5.32 Å². The van der Waals surface area contributed by atoms with Crippen molar-refractivity contribution in [1.82, 2.24) is 0 Å². The summed E-state index contributed by atoms with van der Waals surface area (Å²) in [4.78, 5) is 12.3. The fourth-order valence-electron chi connectivity index (χ4n) is 2.61. The number of hydrogen-bond acceptors (Lipinski definition) is 3. The monoisotopic (exact) mass is 360 g/mol. The quantitative estimate of drug-likeness (QED) is 0.858. The van der Waals surface area contributed by atoms with E-state index in [0.29, 0.717) is 5.69 Å². The van der Waals surface area contributed by atoms with Crippen LogP contribution < -0.4 is 9.62 Å². The molecule has 25 heavy (non-hydrogen) atoms. The molecule has 2 aromatic carbocycles. The van der Waals surface area contributed by atoms with Crippen molar-refractivity contribution >= 4 is 27.3 Å². The maximum atomic E-state index is 12.3. The number of amides is 1. The van der Waals surface area contributed by atoms with E-state index in [9.17, 15) is 13.2 Å². The number of benzene rings is 2. The molecular formula is C19H24N2O3S. The van der Waals surface area contributed by atoms with Crippen molar-refractivity contribution in [2.45, 2.75) is 27.2 Å². The molecule has 0 spiro atoms. The Morgan fingerprint density at radius 2 is 1.56 bits per heavy atom. The standard InChI is InChI=1S/C19H24N2O3S/c1-14-8-10-17(11-9-14)21(25(4,23)24)13-12-18(22)20-19-15(2)6-5-7-16(19)3/h5-11H,12-13H2,1-4H3,(H,20,22). The number of anilines is 2. The first-order valence-corrected chi connectivity index (χ1v) is 9.94. The van der Waals surface area contributed by atoms with Crippen LogP contribution >= 0.6 is 0 Å². The van der Waals surface area contributed by atoms with Crippen LogP contribution in [0.15, 0.2) is 42.5 Å². The van der Waals surface area contributed by atoms with Crippen molar-refractivity contribution in [2.24, 2.45) is 0 Å². The summed E-state index contributed by atoms with van der Waals surface area (Å²) in [6.07, 6.45) is 1.23.